The molecule has 112 valence electrons. The van der Waals surface area contributed by atoms with E-state index in [1.54, 1.807) is 0 Å². The van der Waals surface area contributed by atoms with Crippen LogP contribution in [0, 0.1) is 22.7 Å². The van der Waals surface area contributed by atoms with Gasteiger partial charge in [-0.3, -0.25) is 0 Å². The van der Waals surface area contributed by atoms with Gasteiger partial charge >= 0.3 is 138 Å². The second-order valence-corrected chi connectivity index (χ2v) is 31.0. The summed E-state index contributed by atoms with van der Waals surface area (Å²) >= 11 is -2.30. The second-order valence-electron chi connectivity index (χ2n) is 6.48. The van der Waals surface area contributed by atoms with Crippen LogP contribution in [0.15, 0.2) is 9.81 Å². The van der Waals surface area contributed by atoms with E-state index in [9.17, 15) is 0 Å². The van der Waals surface area contributed by atoms with Crippen molar-refractivity contribution in [2.75, 3.05) is 0 Å². The van der Waals surface area contributed by atoms with Crippen molar-refractivity contribution < 1.29 is 0 Å². The molecule has 3 aliphatic rings. The molecule has 3 rings (SSSR count). The topological polar surface area (TPSA) is 47.6 Å². The zero-order valence-electron chi connectivity index (χ0n) is 12.4. The minimum absolute atomic E-state index is 0.393. The average Bonchev–Trinajstić information content (AvgIpc) is 2.52. The third-order valence-corrected chi connectivity index (χ3v) is 40.8. The number of rotatable bonds is 2. The summed E-state index contributed by atoms with van der Waals surface area (Å²) in [5.41, 5.74) is 0.393. The molecule has 2 nitrogen and oxygen atoms in total. The number of hydrogen-bond acceptors (Lipinski definition) is 4. The van der Waals surface area contributed by atoms with Crippen LogP contribution in [0.25, 0.3) is 0 Å². The van der Waals surface area contributed by atoms with Crippen LogP contribution in [0.1, 0.15) is 64.2 Å². The molecule has 0 atom stereocenters. The van der Waals surface area contributed by atoms with Crippen molar-refractivity contribution in [3.05, 3.63) is 9.81 Å². The van der Waals surface area contributed by atoms with E-state index in [0.29, 0.717) is 5.57 Å². The van der Waals surface area contributed by atoms with Gasteiger partial charge in [-0.1, -0.05) is 0 Å². The van der Waals surface area contributed by atoms with Crippen LogP contribution in [0.2, 0.25) is 7.87 Å². The van der Waals surface area contributed by atoms with Crippen LogP contribution in [0.4, 0.5) is 0 Å². The van der Waals surface area contributed by atoms with Gasteiger partial charge in [0.2, 0.25) is 0 Å². The Hall–Kier alpha value is 0.219. The van der Waals surface area contributed by atoms with Crippen molar-refractivity contribution in [2.45, 2.75) is 72.1 Å². The summed E-state index contributed by atoms with van der Waals surface area (Å²) in [6.07, 6.45) is 14.3. The molecule has 3 fully saturated rings. The van der Waals surface area contributed by atoms with E-state index in [-0.39, 0.29) is 0 Å². The molecule has 2 saturated carbocycles. The molecule has 0 aromatic heterocycles. The van der Waals surface area contributed by atoms with Crippen molar-refractivity contribution in [3.8, 4) is 12.1 Å². The predicted octanol–water partition coefficient (Wildman–Crippen LogP) is 5.84. The Bertz CT molecular complexity index is 461. The standard InChI is InChI=1S/2C6H11.C4H2N2S2.Sn/c2*1-2-4-6-5-3-1;5-1-3(2-6)4(7)8;/h2*1H,2-6H2;7-8H;/q;;;+2/p-2. The van der Waals surface area contributed by atoms with E-state index in [1.807, 2.05) is 0 Å². The molecule has 0 N–H and O–H groups in total. The molecule has 0 radical (unpaired) electrons. The van der Waals surface area contributed by atoms with Crippen molar-refractivity contribution in [2.24, 2.45) is 0 Å². The average molecular weight is 425 g/mol. The van der Waals surface area contributed by atoms with E-state index >= 15 is 0 Å². The van der Waals surface area contributed by atoms with Crippen LogP contribution < -0.4 is 0 Å². The Morgan fingerprint density at radius 1 is 0.810 bits per heavy atom. The Kier molecular flexibility index (Phi) is 5.51. The van der Waals surface area contributed by atoms with Gasteiger partial charge in [0.25, 0.3) is 0 Å². The summed E-state index contributed by atoms with van der Waals surface area (Å²) < 4.78 is 3.08. The Morgan fingerprint density at radius 2 is 1.24 bits per heavy atom. The second kappa shape index (κ2) is 7.19. The van der Waals surface area contributed by atoms with Crippen molar-refractivity contribution in [3.63, 3.8) is 0 Å². The summed E-state index contributed by atoms with van der Waals surface area (Å²) in [5, 5.41) is 18.2. The zero-order chi connectivity index (χ0) is 14.7. The number of hydrogen-bond donors (Lipinski definition) is 0. The van der Waals surface area contributed by atoms with Crippen molar-refractivity contribution in [1.29, 1.82) is 10.5 Å². The summed E-state index contributed by atoms with van der Waals surface area (Å²) in [6, 6.07) is 4.22. The molecule has 1 heterocycles. The SMILES string of the molecule is N#CC(C#N)=C1[S][Sn]([CH]2CCCCC2)([CH]2CCCCC2)[S]1. The summed E-state index contributed by atoms with van der Waals surface area (Å²) in [5.74, 6) is 0. The molecule has 0 amide bonds. The molecule has 0 bridgehead atoms. The molecular formula is C16H22N2S2Sn. The van der Waals surface area contributed by atoms with Gasteiger partial charge in [0.15, 0.2) is 0 Å². The van der Waals surface area contributed by atoms with Gasteiger partial charge in [0, 0.05) is 0 Å². The third kappa shape index (κ3) is 3.14. The van der Waals surface area contributed by atoms with Gasteiger partial charge in [0.1, 0.15) is 0 Å². The van der Waals surface area contributed by atoms with Gasteiger partial charge in [-0.2, -0.15) is 0 Å². The van der Waals surface area contributed by atoms with Crippen LogP contribution in [-0.4, -0.2) is 15.6 Å². The van der Waals surface area contributed by atoms with E-state index in [1.165, 1.54) is 64.2 Å². The van der Waals surface area contributed by atoms with Crippen LogP contribution in [0.5, 0.6) is 0 Å². The third-order valence-electron chi connectivity index (χ3n) is 5.28. The van der Waals surface area contributed by atoms with E-state index in [0.717, 1.165) is 12.1 Å². The van der Waals surface area contributed by atoms with Gasteiger partial charge in [-0.25, -0.2) is 0 Å². The maximum absolute atomic E-state index is 9.12. The first-order chi connectivity index (χ1) is 10.3. The van der Waals surface area contributed by atoms with E-state index in [2.05, 4.69) is 30.0 Å². The first kappa shape index (κ1) is 16.1. The molecule has 0 spiro atoms. The van der Waals surface area contributed by atoms with E-state index in [4.69, 9.17) is 10.5 Å². The molecule has 2 aliphatic carbocycles. The molecular weight excluding hydrogens is 403 g/mol. The first-order valence-electron chi connectivity index (χ1n) is 8.22. The number of allylic oxidation sites excluding steroid dienone is 1. The zero-order valence-corrected chi connectivity index (χ0v) is 16.9. The van der Waals surface area contributed by atoms with Crippen LogP contribution in [-0.2, 0) is 0 Å². The minimum atomic E-state index is -2.30. The molecule has 1 saturated heterocycles. The van der Waals surface area contributed by atoms with Gasteiger partial charge < -0.3 is 0 Å². The fourth-order valence-corrected chi connectivity index (χ4v) is 40.8. The van der Waals surface area contributed by atoms with Crippen molar-refractivity contribution in [1.82, 2.24) is 0 Å². The number of nitriles is 2. The molecule has 0 unspecified atom stereocenters. The maximum atomic E-state index is 9.12. The summed E-state index contributed by atoms with van der Waals surface area (Å²) in [4.78, 5) is 0. The molecule has 0 aromatic rings. The van der Waals surface area contributed by atoms with Gasteiger partial charge in [-0.15, -0.1) is 0 Å². The van der Waals surface area contributed by atoms with E-state index < -0.39 is 15.6 Å². The Labute approximate surface area is 137 Å². The first-order valence-corrected chi connectivity index (χ1v) is 20.1. The summed E-state index contributed by atoms with van der Waals surface area (Å²) in [6.45, 7) is 0. The molecule has 21 heavy (non-hydrogen) atoms. The fraction of sp³-hybridized carbons (Fsp3) is 0.750. The summed E-state index contributed by atoms with van der Waals surface area (Å²) in [7, 11) is 4.20. The van der Waals surface area contributed by atoms with Gasteiger partial charge in [-0.05, 0) is 0 Å². The molecule has 5 heteroatoms. The van der Waals surface area contributed by atoms with Crippen molar-refractivity contribution >= 4 is 33.5 Å². The molecule has 0 aromatic carbocycles. The fourth-order valence-electron chi connectivity index (χ4n) is 4.19. The normalized spacial score (nSPS) is 26.5. The van der Waals surface area contributed by atoms with Crippen LogP contribution >= 0.6 is 17.9 Å². The monoisotopic (exact) mass is 426 g/mol. The Balaban J connectivity index is 1.82. The molecule has 1 aliphatic heterocycles. The predicted molar refractivity (Wildman–Crippen MR) is 92.9 cm³/mol. The Morgan fingerprint density at radius 3 is 1.62 bits per heavy atom. The quantitative estimate of drug-likeness (QED) is 0.412. The van der Waals surface area contributed by atoms with Crippen LogP contribution in [0.3, 0.4) is 0 Å². The number of nitrogens with zero attached hydrogens (tertiary/aromatic N) is 2. The van der Waals surface area contributed by atoms with Gasteiger partial charge in [0.05, 0.1) is 0 Å².